The zero-order valence-electron chi connectivity index (χ0n) is 15.3. The Balaban J connectivity index is 2.12. The largest absolute Gasteiger partial charge is 0.390 e. The van der Waals surface area contributed by atoms with Gasteiger partial charge >= 0.3 is 0 Å². The average molecular weight is 357 g/mol. The third kappa shape index (κ3) is 3.83. The standard InChI is InChI=1S/C19H24FN5O/c1-4-10-25-17(12-6-5-7-13(20)11-12)24-15-16(21)22-14(23-18(15)25)8-9-19(2,3)26/h5-7,11,26H,4,8-10H2,1-3H3,(H2,21,22,23). The number of halogens is 1. The van der Waals surface area contributed by atoms with E-state index in [4.69, 9.17) is 5.73 Å². The lowest BCUT2D eigenvalue weighted by Crippen LogP contribution is -2.20. The van der Waals surface area contributed by atoms with Crippen LogP contribution in [0.3, 0.4) is 0 Å². The van der Waals surface area contributed by atoms with Crippen LogP contribution in [-0.4, -0.2) is 30.2 Å². The Bertz CT molecular complexity index is 930. The van der Waals surface area contributed by atoms with Gasteiger partial charge in [-0.2, -0.15) is 0 Å². The molecule has 138 valence electrons. The van der Waals surface area contributed by atoms with Crippen LogP contribution in [0.15, 0.2) is 24.3 Å². The van der Waals surface area contributed by atoms with Gasteiger partial charge in [-0.05, 0) is 38.8 Å². The van der Waals surface area contributed by atoms with Crippen molar-refractivity contribution in [2.45, 2.75) is 52.2 Å². The minimum Gasteiger partial charge on any atom is -0.390 e. The summed E-state index contributed by atoms with van der Waals surface area (Å²) in [5.41, 5.74) is 7.15. The van der Waals surface area contributed by atoms with E-state index in [9.17, 15) is 9.50 Å². The van der Waals surface area contributed by atoms with Crippen LogP contribution < -0.4 is 5.73 Å². The first-order chi connectivity index (χ1) is 12.3. The minimum absolute atomic E-state index is 0.299. The van der Waals surface area contributed by atoms with Gasteiger partial charge in [0.05, 0.1) is 5.60 Å². The van der Waals surface area contributed by atoms with Gasteiger partial charge in [-0.1, -0.05) is 19.1 Å². The Morgan fingerprint density at radius 2 is 2.00 bits per heavy atom. The molecular formula is C19H24FN5O. The number of nitrogens with two attached hydrogens (primary N) is 1. The molecule has 6 nitrogen and oxygen atoms in total. The molecule has 0 aliphatic rings. The molecule has 0 spiro atoms. The maximum Gasteiger partial charge on any atom is 0.166 e. The molecule has 3 N–H and O–H groups in total. The Kier molecular flexibility index (Phi) is 4.91. The molecule has 0 saturated carbocycles. The van der Waals surface area contributed by atoms with Crippen LogP contribution in [0.2, 0.25) is 0 Å². The molecule has 3 aromatic rings. The van der Waals surface area contributed by atoms with Gasteiger partial charge in [-0.15, -0.1) is 0 Å². The predicted octanol–water partition coefficient (Wildman–Crippen LogP) is 3.33. The summed E-state index contributed by atoms with van der Waals surface area (Å²) in [6.07, 6.45) is 1.91. The van der Waals surface area contributed by atoms with Crippen molar-refractivity contribution in [1.29, 1.82) is 0 Å². The topological polar surface area (TPSA) is 89.9 Å². The second kappa shape index (κ2) is 6.99. The van der Waals surface area contributed by atoms with E-state index in [1.165, 1.54) is 12.1 Å². The quantitative estimate of drug-likeness (QED) is 0.706. The zero-order chi connectivity index (χ0) is 18.9. The second-order valence-electron chi connectivity index (χ2n) is 7.11. The number of anilines is 1. The molecule has 2 heterocycles. The summed E-state index contributed by atoms with van der Waals surface area (Å²) < 4.78 is 15.6. The lowest BCUT2D eigenvalue weighted by molar-refractivity contribution is 0.0708. The lowest BCUT2D eigenvalue weighted by atomic mass is 10.0. The van der Waals surface area contributed by atoms with E-state index < -0.39 is 5.60 Å². The van der Waals surface area contributed by atoms with Crippen molar-refractivity contribution in [3.8, 4) is 11.4 Å². The normalized spacial score (nSPS) is 12.0. The Labute approximate surface area is 151 Å². The first-order valence-electron chi connectivity index (χ1n) is 8.79. The highest BCUT2D eigenvalue weighted by atomic mass is 19.1. The highest BCUT2D eigenvalue weighted by Crippen LogP contribution is 2.27. The van der Waals surface area contributed by atoms with E-state index in [1.54, 1.807) is 19.9 Å². The predicted molar refractivity (Wildman–Crippen MR) is 100 cm³/mol. The molecule has 7 heteroatoms. The number of imidazole rings is 1. The van der Waals surface area contributed by atoms with E-state index in [1.807, 2.05) is 10.6 Å². The number of nitrogens with zero attached hydrogens (tertiary/aromatic N) is 4. The summed E-state index contributed by atoms with van der Waals surface area (Å²) in [6, 6.07) is 6.32. The van der Waals surface area contributed by atoms with Gasteiger partial charge in [0.1, 0.15) is 17.5 Å². The number of hydrogen-bond acceptors (Lipinski definition) is 5. The van der Waals surface area contributed by atoms with Gasteiger partial charge in [0.15, 0.2) is 17.0 Å². The fourth-order valence-electron chi connectivity index (χ4n) is 2.88. The zero-order valence-corrected chi connectivity index (χ0v) is 15.3. The molecule has 26 heavy (non-hydrogen) atoms. The smallest absolute Gasteiger partial charge is 0.166 e. The third-order valence-corrected chi connectivity index (χ3v) is 4.16. The Morgan fingerprint density at radius 3 is 2.65 bits per heavy atom. The molecule has 0 unspecified atom stereocenters. The van der Waals surface area contributed by atoms with Crippen LogP contribution in [-0.2, 0) is 13.0 Å². The molecule has 0 amide bonds. The first kappa shape index (κ1) is 18.3. The van der Waals surface area contributed by atoms with Gasteiger partial charge < -0.3 is 15.4 Å². The Hall–Kier alpha value is -2.54. The molecule has 0 fully saturated rings. The van der Waals surface area contributed by atoms with Crippen molar-refractivity contribution in [3.05, 3.63) is 35.9 Å². The number of nitrogen functional groups attached to an aromatic ring is 1. The van der Waals surface area contributed by atoms with Crippen LogP contribution in [0, 0.1) is 5.82 Å². The molecule has 0 atom stereocenters. The number of rotatable bonds is 6. The fourth-order valence-corrected chi connectivity index (χ4v) is 2.88. The number of hydrogen-bond donors (Lipinski definition) is 2. The SMILES string of the molecule is CCCn1c(-c2cccc(F)c2)nc2c(N)nc(CCC(C)(C)O)nc21. The third-order valence-electron chi connectivity index (χ3n) is 4.16. The first-order valence-corrected chi connectivity index (χ1v) is 8.79. The number of aliphatic hydroxyl groups is 1. The molecule has 0 radical (unpaired) electrons. The van der Waals surface area contributed by atoms with Crippen LogP contribution in [0.25, 0.3) is 22.6 Å². The van der Waals surface area contributed by atoms with Gasteiger partial charge in [0.2, 0.25) is 0 Å². The van der Waals surface area contributed by atoms with Crippen LogP contribution in [0.5, 0.6) is 0 Å². The van der Waals surface area contributed by atoms with E-state index >= 15 is 0 Å². The van der Waals surface area contributed by atoms with Crippen molar-refractivity contribution in [1.82, 2.24) is 19.5 Å². The highest BCUT2D eigenvalue weighted by molar-refractivity contribution is 5.85. The highest BCUT2D eigenvalue weighted by Gasteiger charge is 2.19. The van der Waals surface area contributed by atoms with Crippen molar-refractivity contribution in [2.75, 3.05) is 5.73 Å². The fraction of sp³-hybridized carbons (Fsp3) is 0.421. The number of aryl methyl sites for hydroxylation is 2. The number of fused-ring (bicyclic) bond motifs is 1. The van der Waals surface area contributed by atoms with Crippen LogP contribution in [0.1, 0.15) is 39.4 Å². The molecule has 0 aliphatic carbocycles. The van der Waals surface area contributed by atoms with Gasteiger partial charge in [0.25, 0.3) is 0 Å². The molecule has 3 rings (SSSR count). The summed E-state index contributed by atoms with van der Waals surface area (Å²) >= 11 is 0. The van der Waals surface area contributed by atoms with E-state index in [-0.39, 0.29) is 5.82 Å². The molecule has 0 bridgehead atoms. The van der Waals surface area contributed by atoms with E-state index in [2.05, 4.69) is 21.9 Å². The van der Waals surface area contributed by atoms with Crippen molar-refractivity contribution in [2.24, 2.45) is 0 Å². The molecule has 0 saturated heterocycles. The lowest BCUT2D eigenvalue weighted by Gasteiger charge is -2.16. The van der Waals surface area contributed by atoms with Crippen LogP contribution in [0.4, 0.5) is 10.2 Å². The molecule has 0 aliphatic heterocycles. The number of aromatic nitrogens is 4. The number of benzene rings is 1. The summed E-state index contributed by atoms with van der Waals surface area (Å²) in [4.78, 5) is 13.6. The maximum atomic E-state index is 13.7. The van der Waals surface area contributed by atoms with Crippen molar-refractivity contribution in [3.63, 3.8) is 0 Å². The van der Waals surface area contributed by atoms with Gasteiger partial charge in [-0.25, -0.2) is 19.3 Å². The van der Waals surface area contributed by atoms with Gasteiger partial charge in [-0.3, -0.25) is 0 Å². The minimum atomic E-state index is -0.802. The van der Waals surface area contributed by atoms with Crippen LogP contribution >= 0.6 is 0 Å². The summed E-state index contributed by atoms with van der Waals surface area (Å²) in [7, 11) is 0. The summed E-state index contributed by atoms with van der Waals surface area (Å²) in [5.74, 6) is 1.18. The maximum absolute atomic E-state index is 13.7. The summed E-state index contributed by atoms with van der Waals surface area (Å²) in [5, 5.41) is 9.94. The van der Waals surface area contributed by atoms with Gasteiger partial charge in [0, 0.05) is 18.5 Å². The molecule has 2 aromatic heterocycles. The van der Waals surface area contributed by atoms with Crippen molar-refractivity contribution < 1.29 is 9.50 Å². The average Bonchev–Trinajstić information content (AvgIpc) is 2.92. The second-order valence-corrected chi connectivity index (χ2v) is 7.11. The molecule has 1 aromatic carbocycles. The van der Waals surface area contributed by atoms with E-state index in [0.29, 0.717) is 53.6 Å². The Morgan fingerprint density at radius 1 is 1.23 bits per heavy atom. The summed E-state index contributed by atoms with van der Waals surface area (Å²) in [6.45, 7) is 6.24. The monoisotopic (exact) mass is 357 g/mol. The molecular weight excluding hydrogens is 333 g/mol. The van der Waals surface area contributed by atoms with E-state index in [0.717, 1.165) is 6.42 Å². The van der Waals surface area contributed by atoms with Crippen molar-refractivity contribution >= 4 is 17.0 Å².